The van der Waals surface area contributed by atoms with E-state index in [-0.39, 0.29) is 6.61 Å². The average molecular weight is 307 g/mol. The Morgan fingerprint density at radius 2 is 2.25 bits per heavy atom. The Morgan fingerprint density at radius 3 is 3.05 bits per heavy atom. The van der Waals surface area contributed by atoms with Gasteiger partial charge in [0.15, 0.2) is 6.61 Å². The summed E-state index contributed by atoms with van der Waals surface area (Å²) in [6.45, 7) is 2.17. The van der Waals surface area contributed by atoms with E-state index in [1.54, 1.807) is 17.4 Å². The SMILES string of the molecule is Cc1ccc(Cl)c(OCc2nc(-c3ccsc3)no2)c1. The van der Waals surface area contributed by atoms with Crippen molar-refractivity contribution in [3.8, 4) is 17.1 Å². The highest BCUT2D eigenvalue weighted by molar-refractivity contribution is 7.08. The van der Waals surface area contributed by atoms with E-state index in [2.05, 4.69) is 10.1 Å². The summed E-state index contributed by atoms with van der Waals surface area (Å²) < 4.78 is 10.8. The number of halogens is 1. The number of nitrogens with zero attached hydrogens (tertiary/aromatic N) is 2. The smallest absolute Gasteiger partial charge is 0.264 e. The second kappa shape index (κ2) is 5.64. The quantitative estimate of drug-likeness (QED) is 0.719. The molecule has 0 atom stereocenters. The second-order valence-corrected chi connectivity index (χ2v) is 5.43. The van der Waals surface area contributed by atoms with E-state index in [4.69, 9.17) is 20.9 Å². The molecular weight excluding hydrogens is 296 g/mol. The molecular formula is C14H11ClN2O2S. The van der Waals surface area contributed by atoms with Crippen LogP contribution < -0.4 is 4.74 Å². The van der Waals surface area contributed by atoms with Gasteiger partial charge in [-0.15, -0.1) is 0 Å². The fourth-order valence-electron chi connectivity index (χ4n) is 1.68. The molecule has 0 saturated heterocycles. The Labute approximate surface area is 125 Å². The first-order chi connectivity index (χ1) is 9.72. The Bertz CT molecular complexity index is 710. The summed E-state index contributed by atoms with van der Waals surface area (Å²) in [5, 5.41) is 8.41. The molecule has 0 N–H and O–H groups in total. The van der Waals surface area contributed by atoms with E-state index >= 15 is 0 Å². The van der Waals surface area contributed by atoms with Gasteiger partial charge in [0.1, 0.15) is 5.75 Å². The van der Waals surface area contributed by atoms with Crippen LogP contribution in [0.4, 0.5) is 0 Å². The number of aryl methyl sites for hydroxylation is 1. The van der Waals surface area contributed by atoms with E-state index in [0.717, 1.165) is 11.1 Å². The number of hydrogen-bond donors (Lipinski definition) is 0. The first kappa shape index (κ1) is 13.1. The van der Waals surface area contributed by atoms with Crippen molar-refractivity contribution >= 4 is 22.9 Å². The summed E-state index contributed by atoms with van der Waals surface area (Å²) in [5.74, 6) is 1.60. The first-order valence-corrected chi connectivity index (χ1v) is 7.28. The van der Waals surface area contributed by atoms with Crippen LogP contribution in [0, 0.1) is 6.92 Å². The number of ether oxygens (including phenoxy) is 1. The Hall–Kier alpha value is -1.85. The normalized spacial score (nSPS) is 10.7. The molecule has 2 heterocycles. The van der Waals surface area contributed by atoms with Gasteiger partial charge in [0.05, 0.1) is 5.02 Å². The van der Waals surface area contributed by atoms with Gasteiger partial charge in [0.2, 0.25) is 5.82 Å². The fraction of sp³-hybridized carbons (Fsp3) is 0.143. The maximum absolute atomic E-state index is 6.06. The lowest BCUT2D eigenvalue weighted by Gasteiger charge is -2.06. The van der Waals surface area contributed by atoms with Gasteiger partial charge in [-0.1, -0.05) is 22.8 Å². The van der Waals surface area contributed by atoms with Crippen molar-refractivity contribution in [1.82, 2.24) is 10.1 Å². The van der Waals surface area contributed by atoms with Crippen LogP contribution >= 0.6 is 22.9 Å². The molecule has 0 aliphatic heterocycles. The standard InChI is InChI=1S/C14H11ClN2O2S/c1-9-2-3-11(15)12(6-9)18-7-13-16-14(17-19-13)10-4-5-20-8-10/h2-6,8H,7H2,1H3. The summed E-state index contributed by atoms with van der Waals surface area (Å²) in [6, 6.07) is 7.55. The maximum atomic E-state index is 6.06. The maximum Gasteiger partial charge on any atom is 0.264 e. The van der Waals surface area contributed by atoms with Crippen LogP contribution in [0.5, 0.6) is 5.75 Å². The number of rotatable bonds is 4. The van der Waals surface area contributed by atoms with Gasteiger partial charge in [-0.05, 0) is 36.1 Å². The van der Waals surface area contributed by atoms with Gasteiger partial charge in [0.25, 0.3) is 5.89 Å². The second-order valence-electron chi connectivity index (χ2n) is 4.25. The molecule has 6 heteroatoms. The highest BCUT2D eigenvalue weighted by Gasteiger charge is 2.10. The predicted molar refractivity (Wildman–Crippen MR) is 78.1 cm³/mol. The van der Waals surface area contributed by atoms with Crippen LogP contribution in [0.1, 0.15) is 11.5 Å². The highest BCUT2D eigenvalue weighted by Crippen LogP contribution is 2.26. The van der Waals surface area contributed by atoms with Crippen LogP contribution in [0.25, 0.3) is 11.4 Å². The van der Waals surface area contributed by atoms with Gasteiger partial charge in [-0.2, -0.15) is 16.3 Å². The van der Waals surface area contributed by atoms with E-state index in [0.29, 0.717) is 22.5 Å². The molecule has 3 aromatic rings. The molecule has 20 heavy (non-hydrogen) atoms. The Balaban J connectivity index is 1.71. The zero-order chi connectivity index (χ0) is 13.9. The first-order valence-electron chi connectivity index (χ1n) is 5.96. The van der Waals surface area contributed by atoms with Gasteiger partial charge < -0.3 is 9.26 Å². The van der Waals surface area contributed by atoms with E-state index in [9.17, 15) is 0 Å². The van der Waals surface area contributed by atoms with Crippen molar-refractivity contribution in [3.63, 3.8) is 0 Å². The molecule has 0 saturated carbocycles. The fourth-order valence-corrected chi connectivity index (χ4v) is 2.49. The topological polar surface area (TPSA) is 48.2 Å². The molecule has 102 valence electrons. The van der Waals surface area contributed by atoms with Crippen molar-refractivity contribution in [2.75, 3.05) is 0 Å². The molecule has 0 radical (unpaired) electrons. The van der Waals surface area contributed by atoms with Crippen LogP contribution in [-0.4, -0.2) is 10.1 Å². The molecule has 0 spiro atoms. The third-order valence-corrected chi connectivity index (χ3v) is 3.68. The van der Waals surface area contributed by atoms with E-state index in [1.807, 2.05) is 35.9 Å². The van der Waals surface area contributed by atoms with Crippen LogP contribution in [-0.2, 0) is 6.61 Å². The van der Waals surface area contributed by atoms with Crippen LogP contribution in [0.3, 0.4) is 0 Å². The lowest BCUT2D eigenvalue weighted by Crippen LogP contribution is -1.96. The predicted octanol–water partition coefficient (Wildman–Crippen LogP) is 4.34. The molecule has 1 aromatic carbocycles. The lowest BCUT2D eigenvalue weighted by atomic mass is 10.2. The molecule has 3 rings (SSSR count). The summed E-state index contributed by atoms with van der Waals surface area (Å²) in [4.78, 5) is 4.28. The van der Waals surface area contributed by atoms with Crippen molar-refractivity contribution in [2.45, 2.75) is 13.5 Å². The van der Waals surface area contributed by atoms with Gasteiger partial charge in [-0.3, -0.25) is 0 Å². The summed E-state index contributed by atoms with van der Waals surface area (Å²) >= 11 is 7.65. The number of benzene rings is 1. The molecule has 0 fully saturated rings. The minimum atomic E-state index is 0.195. The van der Waals surface area contributed by atoms with Crippen molar-refractivity contribution in [2.24, 2.45) is 0 Å². The summed E-state index contributed by atoms with van der Waals surface area (Å²) in [6.07, 6.45) is 0. The Kier molecular flexibility index (Phi) is 3.71. The zero-order valence-corrected chi connectivity index (χ0v) is 12.2. The summed E-state index contributed by atoms with van der Waals surface area (Å²) in [7, 11) is 0. The van der Waals surface area contributed by atoms with Gasteiger partial charge in [-0.25, -0.2) is 0 Å². The third-order valence-electron chi connectivity index (χ3n) is 2.69. The minimum Gasteiger partial charge on any atom is -0.482 e. The molecule has 0 amide bonds. The molecule has 0 aliphatic rings. The summed E-state index contributed by atoms with van der Waals surface area (Å²) in [5.41, 5.74) is 2.02. The third kappa shape index (κ3) is 2.84. The van der Waals surface area contributed by atoms with Crippen LogP contribution in [0.15, 0.2) is 39.5 Å². The lowest BCUT2D eigenvalue weighted by molar-refractivity contribution is 0.243. The average Bonchev–Trinajstić information content (AvgIpc) is 3.09. The Morgan fingerprint density at radius 1 is 1.35 bits per heavy atom. The van der Waals surface area contributed by atoms with E-state index in [1.165, 1.54) is 0 Å². The number of thiophene rings is 1. The number of hydrogen-bond acceptors (Lipinski definition) is 5. The molecule has 4 nitrogen and oxygen atoms in total. The largest absolute Gasteiger partial charge is 0.482 e. The van der Waals surface area contributed by atoms with Gasteiger partial charge >= 0.3 is 0 Å². The zero-order valence-electron chi connectivity index (χ0n) is 10.7. The van der Waals surface area contributed by atoms with Crippen molar-refractivity contribution in [1.29, 1.82) is 0 Å². The number of aromatic nitrogens is 2. The molecule has 0 unspecified atom stereocenters. The molecule has 0 aliphatic carbocycles. The van der Waals surface area contributed by atoms with Crippen molar-refractivity contribution in [3.05, 3.63) is 51.5 Å². The minimum absolute atomic E-state index is 0.195. The van der Waals surface area contributed by atoms with Gasteiger partial charge in [0, 0.05) is 10.9 Å². The monoisotopic (exact) mass is 306 g/mol. The highest BCUT2D eigenvalue weighted by atomic mass is 35.5. The molecule has 0 bridgehead atoms. The van der Waals surface area contributed by atoms with Crippen molar-refractivity contribution < 1.29 is 9.26 Å². The molecule has 2 aromatic heterocycles. The van der Waals surface area contributed by atoms with E-state index < -0.39 is 0 Å². The van der Waals surface area contributed by atoms with Crippen LogP contribution in [0.2, 0.25) is 5.02 Å².